The minimum Gasteiger partial charge on any atom is -0.405 e. The number of aliphatic hydroxyl groups excluding tert-OH is 1. The van der Waals surface area contributed by atoms with E-state index in [1.807, 2.05) is 19.1 Å². The highest BCUT2D eigenvalue weighted by molar-refractivity contribution is 5.98. The maximum Gasteiger partial charge on any atom is 0.573 e. The Bertz CT molecular complexity index is 1550. The molecule has 38 heavy (non-hydrogen) atoms. The van der Waals surface area contributed by atoms with Crippen molar-refractivity contribution in [3.63, 3.8) is 0 Å². The second-order valence-electron chi connectivity index (χ2n) is 10.0. The summed E-state index contributed by atoms with van der Waals surface area (Å²) >= 11 is 0. The molecule has 3 heterocycles. The number of ether oxygens (including phenoxy) is 1. The normalized spacial score (nSPS) is 16.6. The number of aliphatic hydroxyl groups is 1. The number of aromatic nitrogens is 3. The number of benzene rings is 1. The first-order valence-electron chi connectivity index (χ1n) is 12.3. The monoisotopic (exact) mass is 528 g/mol. The molecule has 2 atom stereocenters. The largest absolute Gasteiger partial charge is 0.573 e. The molecular formula is C27H27F3N4O4. The lowest BCUT2D eigenvalue weighted by Crippen LogP contribution is -2.43. The molecule has 0 fully saturated rings. The van der Waals surface area contributed by atoms with E-state index in [4.69, 9.17) is 4.99 Å². The molecule has 1 N–H and O–H groups in total. The van der Waals surface area contributed by atoms with Gasteiger partial charge in [-0.25, -0.2) is 9.79 Å². The van der Waals surface area contributed by atoms with Crippen LogP contribution in [0.25, 0.3) is 11.1 Å². The number of hydrogen-bond donors (Lipinski definition) is 1. The summed E-state index contributed by atoms with van der Waals surface area (Å²) in [5.74, 6) is -0.242. The van der Waals surface area contributed by atoms with Gasteiger partial charge in [0, 0.05) is 49.1 Å². The molecular weight excluding hydrogens is 501 g/mol. The molecule has 0 saturated heterocycles. The zero-order valence-corrected chi connectivity index (χ0v) is 21.2. The molecule has 2 unspecified atom stereocenters. The molecule has 2 aromatic heterocycles. The maximum absolute atomic E-state index is 13.4. The third-order valence-electron chi connectivity index (χ3n) is 6.99. The fraction of sp³-hybridized carbons (Fsp3) is 0.407. The molecule has 200 valence electrons. The summed E-state index contributed by atoms with van der Waals surface area (Å²) < 4.78 is 45.1. The van der Waals surface area contributed by atoms with Crippen LogP contribution in [0.2, 0.25) is 0 Å². The van der Waals surface area contributed by atoms with Gasteiger partial charge >= 0.3 is 12.1 Å². The Morgan fingerprint density at radius 2 is 1.97 bits per heavy atom. The molecule has 3 aliphatic rings. The second kappa shape index (κ2) is 9.54. The highest BCUT2D eigenvalue weighted by Gasteiger charge is 2.37. The van der Waals surface area contributed by atoms with E-state index in [-0.39, 0.29) is 36.9 Å². The average molecular weight is 529 g/mol. The molecule has 0 bridgehead atoms. The van der Waals surface area contributed by atoms with Gasteiger partial charge in [0.05, 0.1) is 11.7 Å². The number of aliphatic imine (C=N–C) groups is 1. The first-order valence-corrected chi connectivity index (χ1v) is 12.3. The zero-order chi connectivity index (χ0) is 27.4. The molecule has 0 aromatic carbocycles. The SMILES string of the molecule is Cc1ccc(CC2Cc3c(n(C)c(=O)n(CCC(C)O)c3=O)N=C2Cc2cc(OC(F)(F)F)c3cc2-3)nc1. The molecule has 0 spiro atoms. The summed E-state index contributed by atoms with van der Waals surface area (Å²) in [4.78, 5) is 35.6. The van der Waals surface area contributed by atoms with Crippen molar-refractivity contribution in [1.29, 1.82) is 0 Å². The van der Waals surface area contributed by atoms with E-state index in [2.05, 4.69) is 9.72 Å². The summed E-state index contributed by atoms with van der Waals surface area (Å²) in [5, 5.41) is 9.67. The summed E-state index contributed by atoms with van der Waals surface area (Å²) in [6.07, 6.45) is -2.45. The van der Waals surface area contributed by atoms with Crippen LogP contribution in [0.3, 0.4) is 0 Å². The second-order valence-corrected chi connectivity index (χ2v) is 10.0. The molecule has 2 aromatic rings. The number of hydrogen-bond acceptors (Lipinski definition) is 6. The first kappa shape index (κ1) is 25.9. The van der Waals surface area contributed by atoms with Crippen molar-refractivity contribution in [1.82, 2.24) is 14.1 Å². The van der Waals surface area contributed by atoms with Crippen molar-refractivity contribution in [2.24, 2.45) is 18.0 Å². The Kier molecular flexibility index (Phi) is 6.50. The highest BCUT2D eigenvalue weighted by Crippen LogP contribution is 2.49. The highest BCUT2D eigenvalue weighted by atomic mass is 19.4. The summed E-state index contributed by atoms with van der Waals surface area (Å²) in [6.45, 7) is 3.60. The standard InChI is InChI=1S/C27H27F3N4O4/c1-14-4-5-18(31-13-14)8-17-9-21-24(33(3)26(37)34(25(21)36)7-6-15(2)35)32-22(17)10-16-11-23(20-12-19(16)20)38-27(28,29)30/h4-5,11-13,15,17,35H,6-10H2,1-3H3. The molecule has 11 heteroatoms. The Labute approximate surface area is 216 Å². The third-order valence-corrected chi connectivity index (χ3v) is 6.99. The van der Waals surface area contributed by atoms with E-state index < -0.39 is 23.7 Å². The van der Waals surface area contributed by atoms with Crippen molar-refractivity contribution >= 4 is 11.5 Å². The molecule has 0 saturated carbocycles. The molecule has 1 aliphatic heterocycles. The lowest BCUT2D eigenvalue weighted by Gasteiger charge is -2.26. The number of alkyl halides is 3. The van der Waals surface area contributed by atoms with Crippen LogP contribution in [0.4, 0.5) is 19.0 Å². The fourth-order valence-corrected chi connectivity index (χ4v) is 4.93. The molecule has 5 rings (SSSR count). The van der Waals surface area contributed by atoms with Gasteiger partial charge in [0.1, 0.15) is 11.6 Å². The molecule has 2 aliphatic carbocycles. The van der Waals surface area contributed by atoms with Gasteiger partial charge < -0.3 is 9.84 Å². The summed E-state index contributed by atoms with van der Waals surface area (Å²) in [7, 11) is 1.54. The van der Waals surface area contributed by atoms with Gasteiger partial charge in [0.2, 0.25) is 0 Å². The number of aryl methyl sites for hydroxylation is 1. The van der Waals surface area contributed by atoms with E-state index in [9.17, 15) is 27.9 Å². The van der Waals surface area contributed by atoms with Gasteiger partial charge in [-0.15, -0.1) is 13.2 Å². The first-order chi connectivity index (χ1) is 17.9. The van der Waals surface area contributed by atoms with Crippen LogP contribution in [0.15, 0.2) is 45.0 Å². The molecule has 0 amide bonds. The Hall–Kier alpha value is -3.73. The van der Waals surface area contributed by atoms with Gasteiger partial charge in [-0.2, -0.15) is 0 Å². The van der Waals surface area contributed by atoms with Crippen molar-refractivity contribution < 1.29 is 23.0 Å². The molecule has 0 radical (unpaired) electrons. The Balaban J connectivity index is 1.54. The summed E-state index contributed by atoms with van der Waals surface area (Å²) in [5.41, 5.74) is 3.65. The number of halogens is 3. The van der Waals surface area contributed by atoms with Gasteiger partial charge in [0.15, 0.2) is 0 Å². The zero-order valence-electron chi connectivity index (χ0n) is 21.2. The van der Waals surface area contributed by atoms with Gasteiger partial charge in [-0.05, 0) is 68.0 Å². The third kappa shape index (κ3) is 5.15. The van der Waals surface area contributed by atoms with Crippen LogP contribution in [-0.2, 0) is 32.9 Å². The quantitative estimate of drug-likeness (QED) is 0.377. The minimum absolute atomic E-state index is 0.0781. The fourth-order valence-electron chi connectivity index (χ4n) is 4.93. The van der Waals surface area contributed by atoms with Crippen molar-refractivity contribution in [3.05, 3.63) is 73.7 Å². The van der Waals surface area contributed by atoms with Crippen LogP contribution < -0.4 is 16.0 Å². The van der Waals surface area contributed by atoms with Crippen LogP contribution >= 0.6 is 0 Å². The van der Waals surface area contributed by atoms with Crippen molar-refractivity contribution in [2.45, 2.75) is 58.5 Å². The van der Waals surface area contributed by atoms with E-state index in [1.54, 1.807) is 19.2 Å². The topological polar surface area (TPSA) is 98.7 Å². The van der Waals surface area contributed by atoms with E-state index in [1.165, 1.54) is 17.7 Å². The van der Waals surface area contributed by atoms with E-state index in [0.717, 1.165) is 15.8 Å². The van der Waals surface area contributed by atoms with Crippen molar-refractivity contribution in [3.8, 4) is 16.9 Å². The van der Waals surface area contributed by atoms with Crippen LogP contribution in [0, 0.1) is 12.8 Å². The predicted molar refractivity (Wildman–Crippen MR) is 135 cm³/mol. The lowest BCUT2D eigenvalue weighted by molar-refractivity contribution is -0.274. The number of nitrogens with zero attached hydrogens (tertiary/aromatic N) is 4. The molecule has 8 nitrogen and oxygen atoms in total. The Morgan fingerprint density at radius 1 is 1.21 bits per heavy atom. The van der Waals surface area contributed by atoms with Gasteiger partial charge in [-0.1, -0.05) is 6.07 Å². The minimum atomic E-state index is -4.79. The number of rotatable bonds is 8. The van der Waals surface area contributed by atoms with E-state index >= 15 is 0 Å². The van der Waals surface area contributed by atoms with Crippen LogP contribution in [0.5, 0.6) is 5.75 Å². The number of fused-ring (bicyclic) bond motifs is 2. The summed E-state index contributed by atoms with van der Waals surface area (Å²) in [6, 6.07) is 6.86. The van der Waals surface area contributed by atoms with Crippen LogP contribution in [-0.4, -0.2) is 37.4 Å². The average Bonchev–Trinajstić information content (AvgIpc) is 3.57. The van der Waals surface area contributed by atoms with E-state index in [0.29, 0.717) is 40.8 Å². The predicted octanol–water partition coefficient (Wildman–Crippen LogP) is 3.63. The van der Waals surface area contributed by atoms with Crippen LogP contribution in [0.1, 0.15) is 35.7 Å². The smallest absolute Gasteiger partial charge is 0.405 e. The number of pyridine rings is 1. The van der Waals surface area contributed by atoms with Gasteiger partial charge in [0.25, 0.3) is 5.56 Å². The lowest BCUT2D eigenvalue weighted by atomic mass is 9.85. The Morgan fingerprint density at radius 3 is 2.63 bits per heavy atom. The maximum atomic E-state index is 13.4. The van der Waals surface area contributed by atoms with Gasteiger partial charge in [-0.3, -0.25) is 18.9 Å². The van der Waals surface area contributed by atoms with Crippen molar-refractivity contribution in [2.75, 3.05) is 0 Å².